The average molecular weight is 398 g/mol. The molecule has 0 amide bonds. The number of rotatable bonds is 2. The minimum absolute atomic E-state index is 0.147. The molecule has 3 N–H and O–H groups in total. The third-order valence-electron chi connectivity index (χ3n) is 9.55. The molecule has 4 aliphatic rings. The van der Waals surface area contributed by atoms with Crippen LogP contribution in [0.1, 0.15) is 64.4 Å². The number of fused-ring (bicyclic) bond motifs is 5. The van der Waals surface area contributed by atoms with Crippen LogP contribution < -0.4 is 0 Å². The fourth-order valence-electron chi connectivity index (χ4n) is 8.26. The molecular weight excluding hydrogens is 362 g/mol. The van der Waals surface area contributed by atoms with Crippen molar-refractivity contribution in [3.8, 4) is 0 Å². The van der Waals surface area contributed by atoms with E-state index >= 15 is 0 Å². The van der Waals surface area contributed by atoms with E-state index in [1.165, 1.54) is 11.1 Å². The second-order valence-electron chi connectivity index (χ2n) is 10.7. The van der Waals surface area contributed by atoms with E-state index in [1.54, 1.807) is 6.20 Å². The van der Waals surface area contributed by atoms with Crippen molar-refractivity contribution >= 4 is 5.57 Å². The number of hydrogen-bond donors (Lipinski definition) is 3. The van der Waals surface area contributed by atoms with Gasteiger partial charge in [0.1, 0.15) is 0 Å². The van der Waals surface area contributed by atoms with E-state index in [0.29, 0.717) is 17.8 Å². The molecule has 4 heteroatoms. The van der Waals surface area contributed by atoms with Gasteiger partial charge in [0.25, 0.3) is 0 Å². The average Bonchev–Trinajstić information content (AvgIpc) is 3.02. The Kier molecular flexibility index (Phi) is 4.69. The van der Waals surface area contributed by atoms with Crippen LogP contribution in [0.2, 0.25) is 0 Å². The highest BCUT2D eigenvalue weighted by Crippen LogP contribution is 2.68. The van der Waals surface area contributed by atoms with Gasteiger partial charge in [0.15, 0.2) is 0 Å². The summed E-state index contributed by atoms with van der Waals surface area (Å²) in [6.07, 6.45) is 9.79. The Morgan fingerprint density at radius 3 is 2.69 bits per heavy atom. The molecule has 3 fully saturated rings. The molecule has 158 valence electrons. The zero-order chi connectivity index (χ0) is 20.4. The number of hydrogen-bond acceptors (Lipinski definition) is 4. The van der Waals surface area contributed by atoms with Gasteiger partial charge in [0.05, 0.1) is 18.8 Å². The first-order valence-corrected chi connectivity index (χ1v) is 11.5. The zero-order valence-electron chi connectivity index (χ0n) is 17.7. The van der Waals surface area contributed by atoms with Gasteiger partial charge < -0.3 is 15.3 Å². The van der Waals surface area contributed by atoms with Gasteiger partial charge in [-0.3, -0.25) is 4.98 Å². The lowest BCUT2D eigenvalue weighted by Crippen LogP contribution is -2.59. The maximum Gasteiger partial charge on any atom is 0.0577 e. The molecule has 0 bridgehead atoms. The highest BCUT2D eigenvalue weighted by atomic mass is 16.3. The topological polar surface area (TPSA) is 73.6 Å². The molecule has 4 nitrogen and oxygen atoms in total. The van der Waals surface area contributed by atoms with Gasteiger partial charge in [0, 0.05) is 17.8 Å². The summed E-state index contributed by atoms with van der Waals surface area (Å²) >= 11 is 0. The normalized spacial score (nSPS) is 46.8. The van der Waals surface area contributed by atoms with Gasteiger partial charge in [-0.2, -0.15) is 0 Å². The molecular formula is C25H35NO3. The van der Waals surface area contributed by atoms with E-state index < -0.39 is 0 Å². The van der Waals surface area contributed by atoms with E-state index in [2.05, 4.69) is 24.9 Å². The highest BCUT2D eigenvalue weighted by Gasteiger charge is 2.63. The molecule has 29 heavy (non-hydrogen) atoms. The van der Waals surface area contributed by atoms with E-state index in [4.69, 9.17) is 0 Å². The van der Waals surface area contributed by atoms with E-state index in [-0.39, 0.29) is 35.6 Å². The summed E-state index contributed by atoms with van der Waals surface area (Å²) in [5.74, 6) is 1.42. The fourth-order valence-corrected chi connectivity index (χ4v) is 8.26. The Bertz CT molecular complexity index is 808. The molecule has 1 aromatic heterocycles. The Morgan fingerprint density at radius 2 is 1.97 bits per heavy atom. The van der Waals surface area contributed by atoms with Crippen molar-refractivity contribution < 1.29 is 15.3 Å². The Hall–Kier alpha value is -1.23. The van der Waals surface area contributed by atoms with E-state index in [9.17, 15) is 15.3 Å². The third-order valence-corrected chi connectivity index (χ3v) is 9.55. The number of aliphatic hydroxyl groups excluding tert-OH is 3. The summed E-state index contributed by atoms with van der Waals surface area (Å²) in [6, 6.07) is 4.10. The van der Waals surface area contributed by atoms with Gasteiger partial charge in [-0.25, -0.2) is 0 Å². The van der Waals surface area contributed by atoms with Gasteiger partial charge in [-0.05, 0) is 98.2 Å². The van der Waals surface area contributed by atoms with Crippen LogP contribution in [0.25, 0.3) is 5.57 Å². The van der Waals surface area contributed by atoms with Crippen LogP contribution in [0.4, 0.5) is 0 Å². The predicted molar refractivity (Wildman–Crippen MR) is 113 cm³/mol. The molecule has 3 saturated carbocycles. The lowest BCUT2D eigenvalue weighted by molar-refractivity contribution is -0.169. The lowest BCUT2D eigenvalue weighted by atomic mass is 9.43. The second-order valence-corrected chi connectivity index (χ2v) is 10.7. The Balaban J connectivity index is 1.54. The first kappa shape index (κ1) is 19.7. The zero-order valence-corrected chi connectivity index (χ0v) is 17.7. The van der Waals surface area contributed by atoms with Gasteiger partial charge in [0.2, 0.25) is 0 Å². The summed E-state index contributed by atoms with van der Waals surface area (Å²) in [7, 11) is 0. The molecule has 2 unspecified atom stereocenters. The summed E-state index contributed by atoms with van der Waals surface area (Å²) in [6.45, 7) is 4.79. The smallest absolute Gasteiger partial charge is 0.0577 e. The maximum absolute atomic E-state index is 11.3. The predicted octanol–water partition coefficient (Wildman–Crippen LogP) is 3.81. The minimum atomic E-state index is -0.333. The van der Waals surface area contributed by atoms with Crippen molar-refractivity contribution in [3.05, 3.63) is 35.7 Å². The van der Waals surface area contributed by atoms with Crippen LogP contribution in [0, 0.1) is 34.5 Å². The molecule has 0 aliphatic heterocycles. The number of aliphatic hydroxyl groups is 3. The molecule has 0 aromatic carbocycles. The third kappa shape index (κ3) is 2.72. The minimum Gasteiger partial charge on any atom is -0.395 e. The summed E-state index contributed by atoms with van der Waals surface area (Å²) in [5.41, 5.74) is 3.73. The van der Waals surface area contributed by atoms with Crippen LogP contribution in [-0.4, -0.2) is 39.1 Å². The van der Waals surface area contributed by atoms with Crippen LogP contribution in [0.5, 0.6) is 0 Å². The molecule has 0 spiro atoms. The highest BCUT2D eigenvalue weighted by molar-refractivity contribution is 5.75. The number of nitrogens with zero attached hydrogens (tertiary/aromatic N) is 1. The maximum atomic E-state index is 11.3. The van der Waals surface area contributed by atoms with Gasteiger partial charge in [-0.1, -0.05) is 18.6 Å². The summed E-state index contributed by atoms with van der Waals surface area (Å²) in [5, 5.41) is 32.3. The van der Waals surface area contributed by atoms with Crippen molar-refractivity contribution in [1.82, 2.24) is 4.98 Å². The molecule has 4 aliphatic carbocycles. The molecule has 5 rings (SSSR count). The van der Waals surface area contributed by atoms with Gasteiger partial charge in [-0.15, -0.1) is 0 Å². The molecule has 1 aromatic rings. The van der Waals surface area contributed by atoms with E-state index in [1.807, 2.05) is 12.3 Å². The van der Waals surface area contributed by atoms with Crippen molar-refractivity contribution in [1.29, 1.82) is 0 Å². The van der Waals surface area contributed by atoms with E-state index in [0.717, 1.165) is 50.5 Å². The van der Waals surface area contributed by atoms with Crippen LogP contribution in [0.15, 0.2) is 30.1 Å². The molecule has 0 saturated heterocycles. The second kappa shape index (κ2) is 6.90. The quantitative estimate of drug-likeness (QED) is 0.709. The molecule has 8 atom stereocenters. The molecule has 0 radical (unpaired) electrons. The standard InChI is InChI=1S/C25H35NO3/c1-15-10-20-22-19(24(2)7-5-18(28)11-17(24)12-21(22)29)6-8-25(20,14-27)23(15)16-4-3-9-26-13-16/h3-4,9,13,17-22,27-29H,5-8,10-12,14H2,1-2H3/t17?,18-,19-,20-,21-,22+,24-,25?/m0/s1. The molecule has 1 heterocycles. The fraction of sp³-hybridized carbons (Fsp3) is 0.720. The summed E-state index contributed by atoms with van der Waals surface area (Å²) in [4.78, 5) is 4.35. The SMILES string of the molecule is CC1=C(c2cccnc2)C2(CO)CC[C@H]3[C@@H]([C@@H](O)CC4C[C@@H](O)CC[C@@]43C)[C@@H]2C1. The largest absolute Gasteiger partial charge is 0.395 e. The van der Waals surface area contributed by atoms with Crippen molar-refractivity contribution in [2.24, 2.45) is 34.5 Å². The Labute approximate surface area is 174 Å². The monoisotopic (exact) mass is 397 g/mol. The first-order valence-electron chi connectivity index (χ1n) is 11.5. The van der Waals surface area contributed by atoms with Crippen molar-refractivity contribution in [2.75, 3.05) is 6.61 Å². The van der Waals surface area contributed by atoms with Crippen LogP contribution >= 0.6 is 0 Å². The summed E-state index contributed by atoms with van der Waals surface area (Å²) < 4.78 is 0. The number of allylic oxidation sites excluding steroid dienone is 1. The first-order chi connectivity index (χ1) is 13.9. The van der Waals surface area contributed by atoms with Crippen molar-refractivity contribution in [2.45, 2.75) is 71.0 Å². The number of pyridine rings is 1. The van der Waals surface area contributed by atoms with Crippen LogP contribution in [-0.2, 0) is 0 Å². The van der Waals surface area contributed by atoms with Crippen LogP contribution in [0.3, 0.4) is 0 Å². The van der Waals surface area contributed by atoms with Crippen molar-refractivity contribution in [3.63, 3.8) is 0 Å². The van der Waals surface area contributed by atoms with Gasteiger partial charge >= 0.3 is 0 Å². The Morgan fingerprint density at radius 1 is 1.14 bits per heavy atom. The lowest BCUT2D eigenvalue weighted by Gasteiger charge is -2.62. The number of aromatic nitrogens is 1.